The lowest BCUT2D eigenvalue weighted by Crippen LogP contribution is -2.35. The Labute approximate surface area is 129 Å². The van der Waals surface area contributed by atoms with Gasteiger partial charge in [0.1, 0.15) is 11.9 Å². The van der Waals surface area contributed by atoms with Crippen LogP contribution in [0.1, 0.15) is 58.6 Å². The lowest BCUT2D eigenvalue weighted by Gasteiger charge is -2.32. The highest BCUT2D eigenvalue weighted by atomic mass is 16.5. The molecule has 0 aromatic heterocycles. The minimum absolute atomic E-state index is 0.269. The normalized spacial score (nSPS) is 27.3. The molecule has 3 atom stereocenters. The van der Waals surface area contributed by atoms with Crippen molar-refractivity contribution in [3.05, 3.63) is 29.8 Å². The Morgan fingerprint density at radius 2 is 1.81 bits per heavy atom. The molecule has 1 heterocycles. The van der Waals surface area contributed by atoms with Crippen LogP contribution in [0.15, 0.2) is 24.3 Å². The van der Waals surface area contributed by atoms with Crippen molar-refractivity contribution in [3.63, 3.8) is 0 Å². The second-order valence-electron chi connectivity index (χ2n) is 6.21. The van der Waals surface area contributed by atoms with E-state index in [4.69, 9.17) is 9.47 Å². The fraction of sp³-hybridized carbons (Fsp3) is 0.667. The molecule has 2 rings (SSSR count). The van der Waals surface area contributed by atoms with Gasteiger partial charge in [-0.15, -0.1) is 0 Å². The lowest BCUT2D eigenvalue weighted by molar-refractivity contribution is -0.0721. The second kappa shape index (κ2) is 7.81. The standard InChI is InChI=1S/C18H29NO2/c1-5-10-19-15(4)16-6-8-17(9-7-16)21-18-11-13(2)20-14(3)12-18/h6-9,13-15,18-19H,5,10-12H2,1-4H3. The van der Waals surface area contributed by atoms with Gasteiger partial charge in [-0.25, -0.2) is 0 Å². The zero-order chi connectivity index (χ0) is 15.2. The highest BCUT2D eigenvalue weighted by Gasteiger charge is 2.25. The van der Waals surface area contributed by atoms with Gasteiger partial charge in [-0.2, -0.15) is 0 Å². The maximum Gasteiger partial charge on any atom is 0.119 e. The van der Waals surface area contributed by atoms with Gasteiger partial charge in [0.2, 0.25) is 0 Å². The van der Waals surface area contributed by atoms with Gasteiger partial charge in [-0.1, -0.05) is 19.1 Å². The molecule has 118 valence electrons. The van der Waals surface area contributed by atoms with Gasteiger partial charge < -0.3 is 14.8 Å². The van der Waals surface area contributed by atoms with Gasteiger partial charge in [0.25, 0.3) is 0 Å². The molecule has 3 nitrogen and oxygen atoms in total. The van der Waals surface area contributed by atoms with E-state index in [0.29, 0.717) is 6.04 Å². The van der Waals surface area contributed by atoms with Crippen LogP contribution < -0.4 is 10.1 Å². The zero-order valence-electron chi connectivity index (χ0n) is 13.8. The fourth-order valence-electron chi connectivity index (χ4n) is 2.95. The van der Waals surface area contributed by atoms with Crippen LogP contribution in [0, 0.1) is 0 Å². The first-order valence-electron chi connectivity index (χ1n) is 8.24. The summed E-state index contributed by atoms with van der Waals surface area (Å²) < 4.78 is 11.9. The topological polar surface area (TPSA) is 30.5 Å². The van der Waals surface area contributed by atoms with E-state index in [2.05, 4.69) is 57.3 Å². The largest absolute Gasteiger partial charge is 0.490 e. The Balaban J connectivity index is 1.90. The van der Waals surface area contributed by atoms with Crippen LogP contribution in [0.3, 0.4) is 0 Å². The molecule has 0 bridgehead atoms. The first kappa shape index (κ1) is 16.3. The molecular formula is C18H29NO2. The van der Waals surface area contributed by atoms with Crippen LogP contribution >= 0.6 is 0 Å². The monoisotopic (exact) mass is 291 g/mol. The molecule has 21 heavy (non-hydrogen) atoms. The van der Waals surface area contributed by atoms with Crippen molar-refractivity contribution < 1.29 is 9.47 Å². The van der Waals surface area contributed by atoms with Gasteiger partial charge in [-0.05, 0) is 51.4 Å². The number of hydrogen-bond donors (Lipinski definition) is 1. The Bertz CT molecular complexity index is 408. The Kier molecular flexibility index (Phi) is 6.07. The number of hydrogen-bond acceptors (Lipinski definition) is 3. The summed E-state index contributed by atoms with van der Waals surface area (Å²) in [6, 6.07) is 8.89. The van der Waals surface area contributed by atoms with E-state index in [1.807, 2.05) is 0 Å². The molecule has 3 unspecified atom stereocenters. The minimum Gasteiger partial charge on any atom is -0.490 e. The van der Waals surface area contributed by atoms with Gasteiger partial charge in [-0.3, -0.25) is 0 Å². The van der Waals surface area contributed by atoms with Crippen LogP contribution in [0.5, 0.6) is 5.75 Å². The average molecular weight is 291 g/mol. The zero-order valence-corrected chi connectivity index (χ0v) is 13.8. The Morgan fingerprint density at radius 3 is 2.38 bits per heavy atom. The SMILES string of the molecule is CCCNC(C)c1ccc(OC2CC(C)OC(C)C2)cc1. The highest BCUT2D eigenvalue weighted by Crippen LogP contribution is 2.25. The van der Waals surface area contributed by atoms with Gasteiger partial charge >= 0.3 is 0 Å². The summed E-state index contributed by atoms with van der Waals surface area (Å²) in [5, 5.41) is 3.50. The third kappa shape index (κ3) is 5.01. The molecule has 1 aromatic carbocycles. The summed E-state index contributed by atoms with van der Waals surface area (Å²) in [4.78, 5) is 0. The van der Waals surface area contributed by atoms with Crippen LogP contribution in [-0.4, -0.2) is 24.9 Å². The number of rotatable bonds is 6. The summed E-state index contributed by atoms with van der Waals surface area (Å²) in [5.74, 6) is 0.966. The first-order valence-corrected chi connectivity index (χ1v) is 8.24. The molecule has 1 N–H and O–H groups in total. The molecule has 0 spiro atoms. The maximum atomic E-state index is 6.11. The molecule has 0 aliphatic carbocycles. The molecule has 1 aliphatic heterocycles. The minimum atomic E-state index is 0.269. The van der Waals surface area contributed by atoms with Crippen molar-refractivity contribution in [1.29, 1.82) is 0 Å². The first-order chi connectivity index (χ1) is 10.1. The smallest absolute Gasteiger partial charge is 0.119 e. The Morgan fingerprint density at radius 1 is 1.19 bits per heavy atom. The molecule has 0 amide bonds. The second-order valence-corrected chi connectivity index (χ2v) is 6.21. The average Bonchev–Trinajstić information content (AvgIpc) is 2.44. The third-order valence-electron chi connectivity index (χ3n) is 4.04. The number of benzene rings is 1. The fourth-order valence-corrected chi connectivity index (χ4v) is 2.95. The molecule has 0 radical (unpaired) electrons. The lowest BCUT2D eigenvalue weighted by atomic mass is 10.0. The molecule has 1 aromatic rings. The third-order valence-corrected chi connectivity index (χ3v) is 4.04. The molecular weight excluding hydrogens is 262 g/mol. The predicted molar refractivity (Wildman–Crippen MR) is 86.8 cm³/mol. The van der Waals surface area contributed by atoms with Crippen LogP contribution in [0.25, 0.3) is 0 Å². The molecule has 1 aliphatic rings. The predicted octanol–water partition coefficient (Wildman–Crippen LogP) is 4.08. The van der Waals surface area contributed by atoms with Crippen LogP contribution in [-0.2, 0) is 4.74 Å². The summed E-state index contributed by atoms with van der Waals surface area (Å²) >= 11 is 0. The van der Waals surface area contributed by atoms with Crippen molar-refractivity contribution in [3.8, 4) is 5.75 Å². The molecule has 1 saturated heterocycles. The van der Waals surface area contributed by atoms with Gasteiger partial charge in [0, 0.05) is 18.9 Å². The van der Waals surface area contributed by atoms with E-state index in [1.165, 1.54) is 5.56 Å². The van der Waals surface area contributed by atoms with E-state index in [1.54, 1.807) is 0 Å². The van der Waals surface area contributed by atoms with Crippen molar-refractivity contribution >= 4 is 0 Å². The Hall–Kier alpha value is -1.06. The number of ether oxygens (including phenoxy) is 2. The van der Waals surface area contributed by atoms with Crippen LogP contribution in [0.2, 0.25) is 0 Å². The molecule has 0 saturated carbocycles. The maximum absolute atomic E-state index is 6.11. The van der Waals surface area contributed by atoms with Crippen molar-refractivity contribution in [2.75, 3.05) is 6.54 Å². The van der Waals surface area contributed by atoms with Crippen molar-refractivity contribution in [1.82, 2.24) is 5.32 Å². The van der Waals surface area contributed by atoms with E-state index < -0.39 is 0 Å². The highest BCUT2D eigenvalue weighted by molar-refractivity contribution is 5.29. The van der Waals surface area contributed by atoms with Gasteiger partial charge in [0.05, 0.1) is 12.2 Å². The summed E-state index contributed by atoms with van der Waals surface area (Å²) in [6.45, 7) is 9.68. The summed E-state index contributed by atoms with van der Waals surface area (Å²) in [7, 11) is 0. The van der Waals surface area contributed by atoms with Crippen molar-refractivity contribution in [2.45, 2.75) is 71.3 Å². The van der Waals surface area contributed by atoms with Crippen LogP contribution in [0.4, 0.5) is 0 Å². The number of nitrogens with one attached hydrogen (secondary N) is 1. The quantitative estimate of drug-likeness (QED) is 0.856. The summed E-state index contributed by atoms with van der Waals surface area (Å²) in [6.07, 6.45) is 3.95. The van der Waals surface area contributed by atoms with Crippen molar-refractivity contribution in [2.24, 2.45) is 0 Å². The van der Waals surface area contributed by atoms with Gasteiger partial charge in [0.15, 0.2) is 0 Å². The summed E-state index contributed by atoms with van der Waals surface area (Å²) in [5.41, 5.74) is 1.31. The van der Waals surface area contributed by atoms with E-state index in [-0.39, 0.29) is 18.3 Å². The molecule has 1 fully saturated rings. The van der Waals surface area contributed by atoms with E-state index in [9.17, 15) is 0 Å². The van der Waals surface area contributed by atoms with E-state index in [0.717, 1.165) is 31.6 Å². The molecule has 3 heteroatoms. The van der Waals surface area contributed by atoms with E-state index >= 15 is 0 Å².